The third-order valence-electron chi connectivity index (χ3n) is 3.10. The van der Waals surface area contributed by atoms with Crippen molar-refractivity contribution >= 4 is 34.0 Å². The molecule has 3 rings (SSSR count). The van der Waals surface area contributed by atoms with Crippen LogP contribution in [-0.2, 0) is 7.05 Å². The molecule has 10 heteroatoms. The molecule has 0 atom stereocenters. The van der Waals surface area contributed by atoms with Gasteiger partial charge in [0.1, 0.15) is 5.75 Å². The molecule has 0 bridgehead atoms. The van der Waals surface area contributed by atoms with Gasteiger partial charge in [0, 0.05) is 24.2 Å². The van der Waals surface area contributed by atoms with Crippen molar-refractivity contribution in [3.05, 3.63) is 46.6 Å². The second-order valence-corrected chi connectivity index (χ2v) is 6.16. The van der Waals surface area contributed by atoms with E-state index in [2.05, 4.69) is 20.1 Å². The SMILES string of the molecule is Cn1cc(Cl)c(C(=O)Nc2nc(-c3ccc(OC(F)F)cc3)cs2)n1. The van der Waals surface area contributed by atoms with Crippen molar-refractivity contribution in [2.75, 3.05) is 5.32 Å². The van der Waals surface area contributed by atoms with E-state index in [1.807, 2.05) is 0 Å². The Bertz CT molecular complexity index is 895. The molecular weight excluding hydrogens is 374 g/mol. The molecule has 0 radical (unpaired) electrons. The van der Waals surface area contributed by atoms with E-state index in [1.165, 1.54) is 34.3 Å². The van der Waals surface area contributed by atoms with Crippen LogP contribution in [0.1, 0.15) is 10.5 Å². The number of nitrogens with one attached hydrogen (secondary N) is 1. The van der Waals surface area contributed by atoms with Gasteiger partial charge in [0.05, 0.1) is 10.7 Å². The molecule has 1 aromatic carbocycles. The molecule has 0 aliphatic heterocycles. The molecule has 1 amide bonds. The third-order valence-corrected chi connectivity index (χ3v) is 4.13. The van der Waals surface area contributed by atoms with E-state index in [-0.39, 0.29) is 16.5 Å². The minimum atomic E-state index is -2.87. The lowest BCUT2D eigenvalue weighted by Gasteiger charge is -2.04. The van der Waals surface area contributed by atoms with Crippen molar-refractivity contribution in [3.8, 4) is 17.0 Å². The van der Waals surface area contributed by atoms with Gasteiger partial charge in [-0.1, -0.05) is 11.6 Å². The van der Waals surface area contributed by atoms with Gasteiger partial charge in [-0.2, -0.15) is 13.9 Å². The highest BCUT2D eigenvalue weighted by molar-refractivity contribution is 7.14. The van der Waals surface area contributed by atoms with Crippen molar-refractivity contribution in [1.29, 1.82) is 0 Å². The summed E-state index contributed by atoms with van der Waals surface area (Å²) in [5, 5.41) is 8.95. The van der Waals surface area contributed by atoms with Crippen LogP contribution in [0.3, 0.4) is 0 Å². The maximum absolute atomic E-state index is 12.1. The molecular formula is C15H11ClF2N4O2S. The number of halogens is 3. The topological polar surface area (TPSA) is 69.0 Å². The van der Waals surface area contributed by atoms with Crippen LogP contribution in [0.5, 0.6) is 5.75 Å². The molecule has 2 aromatic heterocycles. The molecule has 1 N–H and O–H groups in total. The van der Waals surface area contributed by atoms with Crippen LogP contribution in [0.25, 0.3) is 11.3 Å². The summed E-state index contributed by atoms with van der Waals surface area (Å²) < 4.78 is 30.0. The van der Waals surface area contributed by atoms with Gasteiger partial charge < -0.3 is 4.74 Å². The number of aromatic nitrogens is 3. The van der Waals surface area contributed by atoms with Crippen molar-refractivity contribution in [2.24, 2.45) is 7.05 Å². The second kappa shape index (κ2) is 7.16. The Balaban J connectivity index is 1.72. The number of aryl methyl sites for hydroxylation is 1. The van der Waals surface area contributed by atoms with Gasteiger partial charge in [-0.3, -0.25) is 14.8 Å². The van der Waals surface area contributed by atoms with Gasteiger partial charge in [0.25, 0.3) is 5.91 Å². The Morgan fingerprint density at radius 1 is 1.36 bits per heavy atom. The average Bonchev–Trinajstić information content (AvgIpc) is 3.14. The summed E-state index contributed by atoms with van der Waals surface area (Å²) in [7, 11) is 1.66. The standard InChI is InChI=1S/C15H11ClF2N4O2S/c1-22-6-10(16)12(21-22)13(23)20-15-19-11(7-25-15)8-2-4-9(5-3-8)24-14(17)18/h2-7,14H,1H3,(H,19,20,23). The molecule has 130 valence electrons. The van der Waals surface area contributed by atoms with Gasteiger partial charge in [-0.15, -0.1) is 11.3 Å². The van der Waals surface area contributed by atoms with E-state index in [4.69, 9.17) is 11.6 Å². The summed E-state index contributed by atoms with van der Waals surface area (Å²) in [5.41, 5.74) is 1.40. The number of carbonyl (C=O) groups excluding carboxylic acids is 1. The third kappa shape index (κ3) is 4.12. The Kier molecular flexibility index (Phi) is 4.95. The van der Waals surface area contributed by atoms with Crippen LogP contribution in [0.2, 0.25) is 5.02 Å². The predicted molar refractivity (Wildman–Crippen MR) is 90.4 cm³/mol. The molecule has 0 fully saturated rings. The van der Waals surface area contributed by atoms with Crippen LogP contribution >= 0.6 is 22.9 Å². The zero-order valence-corrected chi connectivity index (χ0v) is 14.3. The lowest BCUT2D eigenvalue weighted by atomic mass is 10.2. The number of amides is 1. The summed E-state index contributed by atoms with van der Waals surface area (Å²) in [6, 6.07) is 6.06. The largest absolute Gasteiger partial charge is 0.435 e. The number of hydrogen-bond donors (Lipinski definition) is 1. The fourth-order valence-electron chi connectivity index (χ4n) is 2.04. The van der Waals surface area contributed by atoms with Gasteiger partial charge in [-0.25, -0.2) is 4.98 Å². The molecule has 0 aliphatic rings. The quantitative estimate of drug-likeness (QED) is 0.720. The van der Waals surface area contributed by atoms with E-state index in [9.17, 15) is 13.6 Å². The number of rotatable bonds is 5. The first kappa shape index (κ1) is 17.3. The Hall–Kier alpha value is -2.52. The van der Waals surface area contributed by atoms with Crippen LogP contribution < -0.4 is 10.1 Å². The van der Waals surface area contributed by atoms with Crippen molar-refractivity contribution in [1.82, 2.24) is 14.8 Å². The van der Waals surface area contributed by atoms with Gasteiger partial charge in [0.2, 0.25) is 0 Å². The van der Waals surface area contributed by atoms with Gasteiger partial charge in [-0.05, 0) is 24.3 Å². The highest BCUT2D eigenvalue weighted by atomic mass is 35.5. The minimum Gasteiger partial charge on any atom is -0.435 e. The summed E-state index contributed by atoms with van der Waals surface area (Å²) in [6.45, 7) is -2.87. The van der Waals surface area contributed by atoms with E-state index in [0.29, 0.717) is 16.4 Å². The lowest BCUT2D eigenvalue weighted by Crippen LogP contribution is -2.13. The number of nitrogens with zero attached hydrogens (tertiary/aromatic N) is 3. The van der Waals surface area contributed by atoms with Gasteiger partial charge in [0.15, 0.2) is 10.8 Å². The summed E-state index contributed by atoms with van der Waals surface area (Å²) in [4.78, 5) is 16.4. The number of ether oxygens (including phenoxy) is 1. The first-order valence-electron chi connectivity index (χ1n) is 6.93. The van der Waals surface area contributed by atoms with E-state index in [0.717, 1.165) is 0 Å². The number of carbonyl (C=O) groups is 1. The summed E-state index contributed by atoms with van der Waals surface area (Å²) >= 11 is 7.15. The zero-order valence-electron chi connectivity index (χ0n) is 12.7. The molecule has 2 heterocycles. The maximum atomic E-state index is 12.1. The number of thiazole rings is 1. The molecule has 0 saturated carbocycles. The van der Waals surface area contributed by atoms with E-state index < -0.39 is 12.5 Å². The number of alkyl halides is 2. The molecule has 0 aliphatic carbocycles. The molecule has 3 aromatic rings. The molecule has 0 unspecified atom stereocenters. The Morgan fingerprint density at radius 3 is 2.68 bits per heavy atom. The van der Waals surface area contributed by atoms with Crippen molar-refractivity contribution < 1.29 is 18.3 Å². The highest BCUT2D eigenvalue weighted by Crippen LogP contribution is 2.27. The maximum Gasteiger partial charge on any atom is 0.387 e. The van der Waals surface area contributed by atoms with Gasteiger partial charge >= 0.3 is 6.61 Å². The van der Waals surface area contributed by atoms with Crippen molar-refractivity contribution in [2.45, 2.75) is 6.61 Å². The normalized spacial score (nSPS) is 10.9. The monoisotopic (exact) mass is 384 g/mol. The fraction of sp³-hybridized carbons (Fsp3) is 0.133. The van der Waals surface area contributed by atoms with E-state index in [1.54, 1.807) is 24.6 Å². The second-order valence-electron chi connectivity index (χ2n) is 4.89. The van der Waals surface area contributed by atoms with Crippen LogP contribution in [-0.4, -0.2) is 27.3 Å². The minimum absolute atomic E-state index is 0.0623. The fourth-order valence-corrected chi connectivity index (χ4v) is 3.02. The highest BCUT2D eigenvalue weighted by Gasteiger charge is 2.16. The summed E-state index contributed by atoms with van der Waals surface area (Å²) in [5.74, 6) is -0.403. The number of anilines is 1. The smallest absolute Gasteiger partial charge is 0.387 e. The molecule has 6 nitrogen and oxygen atoms in total. The van der Waals surface area contributed by atoms with Crippen molar-refractivity contribution in [3.63, 3.8) is 0 Å². The number of hydrogen-bond acceptors (Lipinski definition) is 5. The zero-order chi connectivity index (χ0) is 18.0. The Labute approximate surface area is 150 Å². The number of benzene rings is 1. The average molecular weight is 385 g/mol. The lowest BCUT2D eigenvalue weighted by molar-refractivity contribution is -0.0498. The summed E-state index contributed by atoms with van der Waals surface area (Å²) in [6.07, 6.45) is 1.52. The first-order chi connectivity index (χ1) is 11.9. The van der Waals surface area contributed by atoms with Crippen LogP contribution in [0.15, 0.2) is 35.8 Å². The van der Waals surface area contributed by atoms with E-state index >= 15 is 0 Å². The first-order valence-corrected chi connectivity index (χ1v) is 8.19. The predicted octanol–water partition coefficient (Wildman–Crippen LogP) is 4.05. The molecule has 0 spiro atoms. The molecule has 0 saturated heterocycles. The van der Waals surface area contributed by atoms with Crippen LogP contribution in [0.4, 0.5) is 13.9 Å². The molecule has 25 heavy (non-hydrogen) atoms. The van der Waals surface area contributed by atoms with Crippen LogP contribution in [0, 0.1) is 0 Å². The Morgan fingerprint density at radius 2 is 2.08 bits per heavy atom.